The van der Waals surface area contributed by atoms with Crippen molar-refractivity contribution in [2.45, 2.75) is 94.2 Å². The van der Waals surface area contributed by atoms with Crippen LogP contribution in [0.2, 0.25) is 0 Å². The number of H-pyrrole nitrogens is 1. The molecular formula is C30H43N6O16P. The maximum atomic E-state index is 12.3. The van der Waals surface area contributed by atoms with Gasteiger partial charge in [0.2, 0.25) is 5.95 Å². The number of ether oxygens (including phenoxy) is 2. The number of rotatable bonds is 19. The van der Waals surface area contributed by atoms with E-state index in [4.69, 9.17) is 25.4 Å². The fourth-order valence-corrected chi connectivity index (χ4v) is 6.38. The van der Waals surface area contributed by atoms with Gasteiger partial charge >= 0.3 is 19.8 Å². The molecule has 4 rings (SSSR count). The number of aliphatic hydroxyl groups is 5. The second-order valence-corrected chi connectivity index (χ2v) is 13.8. The summed E-state index contributed by atoms with van der Waals surface area (Å²) in [6, 6.07) is 6.24. The number of hydrogen-bond acceptors (Lipinski definition) is 18. The second kappa shape index (κ2) is 17.8. The van der Waals surface area contributed by atoms with Gasteiger partial charge in [0.25, 0.3) is 5.56 Å². The summed E-state index contributed by atoms with van der Waals surface area (Å²) in [5, 5.41) is 76.4. The van der Waals surface area contributed by atoms with Crippen molar-refractivity contribution in [1.82, 2.24) is 9.97 Å². The number of carboxylic acid groups (broad SMARTS) is 2. The number of anilines is 3. The molecule has 294 valence electrons. The Morgan fingerprint density at radius 2 is 1.79 bits per heavy atom. The highest BCUT2D eigenvalue weighted by atomic mass is 31.2. The first-order valence-electron chi connectivity index (χ1n) is 16.2. The first-order chi connectivity index (χ1) is 24.8. The first-order valence-corrected chi connectivity index (χ1v) is 17.7. The van der Waals surface area contributed by atoms with Crippen LogP contribution in [0.1, 0.15) is 32.3 Å². The van der Waals surface area contributed by atoms with Crippen molar-refractivity contribution >= 4 is 48.6 Å². The lowest BCUT2D eigenvalue weighted by atomic mass is 10.00. The topological polar surface area (TPSA) is 358 Å². The molecule has 22 nitrogen and oxygen atoms in total. The van der Waals surface area contributed by atoms with Crippen molar-refractivity contribution < 1.29 is 73.3 Å². The quantitative estimate of drug-likeness (QED) is 0.0706. The average molecular weight is 775 g/mol. The van der Waals surface area contributed by atoms with E-state index in [1.165, 1.54) is 0 Å². The summed E-state index contributed by atoms with van der Waals surface area (Å²) in [4.78, 5) is 55.1. The van der Waals surface area contributed by atoms with Gasteiger partial charge in [-0.1, -0.05) is 12.1 Å². The number of nitrogen functional groups attached to an aromatic ring is 1. The van der Waals surface area contributed by atoms with Crippen LogP contribution in [0.5, 0.6) is 0 Å². The highest BCUT2D eigenvalue weighted by Gasteiger charge is 2.45. The molecule has 0 amide bonds. The molecule has 2 aromatic rings. The molecule has 0 spiro atoms. The number of nitrogens with zero attached hydrogens (tertiary/aromatic N) is 2. The van der Waals surface area contributed by atoms with Crippen LogP contribution in [0.4, 0.5) is 23.1 Å². The normalized spacial score (nSPS) is 25.1. The third-order valence-electron chi connectivity index (χ3n) is 8.27. The van der Waals surface area contributed by atoms with Crippen LogP contribution in [-0.4, -0.2) is 143 Å². The summed E-state index contributed by atoms with van der Waals surface area (Å²) in [5.74, 6) is -2.83. The molecule has 0 saturated carbocycles. The van der Waals surface area contributed by atoms with Crippen molar-refractivity contribution in [3.8, 4) is 0 Å². The number of phosphoric ester groups is 1. The summed E-state index contributed by atoms with van der Waals surface area (Å²) in [5.41, 5.74) is 7.18. The van der Waals surface area contributed by atoms with Gasteiger partial charge in [-0.2, -0.15) is 4.98 Å². The monoisotopic (exact) mass is 774 g/mol. The molecule has 1 unspecified atom stereocenters. The number of fused-ring (bicyclic) bond motifs is 1. The molecule has 3 heterocycles. The number of aliphatic hydroxyl groups excluding tert-OH is 5. The first kappa shape index (κ1) is 41.7. The number of aromatic amines is 1. The van der Waals surface area contributed by atoms with E-state index in [1.54, 1.807) is 24.3 Å². The highest BCUT2D eigenvalue weighted by molar-refractivity contribution is 7.47. The molecular weight excluding hydrogens is 731 g/mol. The Morgan fingerprint density at radius 3 is 2.43 bits per heavy atom. The van der Waals surface area contributed by atoms with Gasteiger partial charge in [0.05, 0.1) is 37.1 Å². The Kier molecular flexibility index (Phi) is 14.0. The Hall–Kier alpha value is -4.06. The van der Waals surface area contributed by atoms with Crippen LogP contribution >= 0.6 is 7.82 Å². The van der Waals surface area contributed by atoms with Crippen LogP contribution in [0.25, 0.3) is 0 Å². The molecule has 0 radical (unpaired) electrons. The number of aliphatic imine (C=N–C) groups is 1. The molecule has 11 atom stereocenters. The molecule has 13 N–H and O–H groups in total. The highest BCUT2D eigenvalue weighted by Crippen LogP contribution is 2.46. The van der Waals surface area contributed by atoms with Gasteiger partial charge in [-0.3, -0.25) is 23.6 Å². The number of phosphoric acid groups is 1. The number of nitrogens with one attached hydrogen (secondary N) is 3. The molecule has 0 aliphatic carbocycles. The molecule has 53 heavy (non-hydrogen) atoms. The Morgan fingerprint density at radius 1 is 1.11 bits per heavy atom. The third-order valence-corrected chi connectivity index (χ3v) is 9.27. The van der Waals surface area contributed by atoms with Crippen molar-refractivity contribution in [3.63, 3.8) is 0 Å². The van der Waals surface area contributed by atoms with Crippen LogP contribution in [0.3, 0.4) is 0 Å². The van der Waals surface area contributed by atoms with Gasteiger partial charge in [0, 0.05) is 18.5 Å². The van der Waals surface area contributed by atoms with E-state index in [0.717, 1.165) is 0 Å². The van der Waals surface area contributed by atoms with Gasteiger partial charge in [-0.05, 0) is 38.0 Å². The average Bonchev–Trinajstić information content (AvgIpc) is 3.35. The Labute approximate surface area is 300 Å². The minimum absolute atomic E-state index is 0.0297. The number of nitrogens with two attached hydrogens (primary N) is 1. The summed E-state index contributed by atoms with van der Waals surface area (Å²) in [6.07, 6.45) is -14.9. The lowest BCUT2D eigenvalue weighted by Gasteiger charge is -2.28. The zero-order chi connectivity index (χ0) is 39.2. The zero-order valence-electron chi connectivity index (χ0n) is 28.4. The SMILES string of the molecule is C[C@@H]1Nc2nc(N)[nH]c(=O)c2N=C1[C@@H](C)Nc1ccc(C[C@H](O)[C@H](O)[C@H](O)CO[C@H]2O[C@H](COP(=O)(O)O[C@@H](CCC(=O)O)C(=O)O)[C@@H](O)[C@H]2O)cc1. The van der Waals surface area contributed by atoms with Crippen LogP contribution in [0, 0.1) is 0 Å². The molecule has 2 aliphatic heterocycles. The standard InChI is InChI=1S/C30H43N6O16P/c1-12(21-13(2)33-26-22(34-21)27(44)36-30(31)35-26)32-15-5-3-14(4-6-15)9-16(37)23(41)17(38)10-49-29-25(43)24(42)19(51-29)11-50-53(47,48)52-18(28(45)46)7-8-20(39)40/h3-6,12-13,16-19,23-25,29,32,37-38,41-43H,7-11H2,1-2H3,(H,39,40)(H,45,46)(H,47,48)(H4,31,33,35,36,44)/t12-,13+,16+,17-,18+,19-,23+,24-,25-,29+/m1/s1. The molecule has 2 aliphatic rings. The maximum absolute atomic E-state index is 12.3. The zero-order valence-corrected chi connectivity index (χ0v) is 29.3. The van der Waals surface area contributed by atoms with Gasteiger partial charge in [-0.15, -0.1) is 0 Å². The number of aromatic nitrogens is 2. The summed E-state index contributed by atoms with van der Waals surface area (Å²) < 4.78 is 32.0. The van der Waals surface area contributed by atoms with Gasteiger partial charge in [0.15, 0.2) is 23.9 Å². The third kappa shape index (κ3) is 11.2. The summed E-state index contributed by atoms with van der Waals surface area (Å²) in [7, 11) is -5.11. The molecule has 1 saturated heterocycles. The smallest absolute Gasteiger partial charge is 0.473 e. The van der Waals surface area contributed by atoms with Gasteiger partial charge in [0.1, 0.15) is 30.5 Å². The minimum atomic E-state index is -5.11. The van der Waals surface area contributed by atoms with E-state index in [2.05, 4.69) is 34.6 Å². The van der Waals surface area contributed by atoms with Crippen molar-refractivity contribution in [2.24, 2.45) is 4.99 Å². The van der Waals surface area contributed by atoms with Gasteiger partial charge in [-0.25, -0.2) is 14.4 Å². The molecule has 1 fully saturated rings. The molecule has 23 heteroatoms. The molecule has 1 aromatic carbocycles. The second-order valence-electron chi connectivity index (χ2n) is 12.4. The predicted molar refractivity (Wildman–Crippen MR) is 182 cm³/mol. The van der Waals surface area contributed by atoms with Gasteiger partial charge < -0.3 is 66.5 Å². The lowest BCUT2D eigenvalue weighted by molar-refractivity contribution is -0.192. The van der Waals surface area contributed by atoms with E-state index in [1.807, 2.05) is 13.8 Å². The van der Waals surface area contributed by atoms with E-state index < -0.39 is 100 Å². The maximum Gasteiger partial charge on any atom is 0.473 e. The largest absolute Gasteiger partial charge is 0.481 e. The summed E-state index contributed by atoms with van der Waals surface area (Å²) >= 11 is 0. The Balaban J connectivity index is 1.23. The van der Waals surface area contributed by atoms with E-state index in [0.29, 0.717) is 17.0 Å². The lowest BCUT2D eigenvalue weighted by Crippen LogP contribution is -2.43. The van der Waals surface area contributed by atoms with Crippen molar-refractivity contribution in [2.75, 3.05) is 29.6 Å². The van der Waals surface area contributed by atoms with Crippen molar-refractivity contribution in [3.05, 3.63) is 40.2 Å². The summed E-state index contributed by atoms with van der Waals surface area (Å²) in [6.45, 7) is 2.13. The number of aliphatic carboxylic acids is 2. The van der Waals surface area contributed by atoms with Crippen molar-refractivity contribution in [1.29, 1.82) is 0 Å². The number of hydrogen-bond donors (Lipinski definition) is 12. The number of carboxylic acids is 2. The number of carbonyl (C=O) groups is 2. The van der Waals surface area contributed by atoms with Crippen LogP contribution < -0.4 is 21.9 Å². The van der Waals surface area contributed by atoms with Crippen LogP contribution in [0.15, 0.2) is 34.1 Å². The fourth-order valence-electron chi connectivity index (χ4n) is 5.46. The van der Waals surface area contributed by atoms with Crippen LogP contribution in [-0.2, 0) is 39.1 Å². The predicted octanol–water partition coefficient (Wildman–Crippen LogP) is -1.72. The van der Waals surface area contributed by atoms with E-state index >= 15 is 0 Å². The molecule has 1 aromatic heterocycles. The van der Waals surface area contributed by atoms with E-state index in [-0.39, 0.29) is 36.0 Å². The molecule has 0 bridgehead atoms. The fraction of sp³-hybridized carbons (Fsp3) is 0.567. The Bertz CT molecular complexity index is 1730. The minimum Gasteiger partial charge on any atom is -0.481 e. The van der Waals surface area contributed by atoms with E-state index in [9.17, 15) is 49.4 Å². The number of benzene rings is 1.